The zero-order chi connectivity index (χ0) is 18.4. The molecule has 0 aliphatic rings. The van der Waals surface area contributed by atoms with Gasteiger partial charge in [0.2, 0.25) is 0 Å². The number of para-hydroxylation sites is 2. The van der Waals surface area contributed by atoms with Crippen LogP contribution in [0.25, 0.3) is 44.0 Å². The predicted molar refractivity (Wildman–Crippen MR) is 115 cm³/mol. The van der Waals surface area contributed by atoms with E-state index in [-0.39, 0.29) is 10.9 Å². The maximum Gasteiger partial charge on any atom is 0.190 e. The average molecular weight is 369 g/mol. The van der Waals surface area contributed by atoms with Gasteiger partial charge in [-0.2, -0.15) is 0 Å². The first kappa shape index (κ1) is 16.1. The molecule has 2 nitrogen and oxygen atoms in total. The first-order chi connectivity index (χ1) is 13.2. The molecule has 0 aliphatic carbocycles. The SMILES string of the molecule is C[S+](C)C#Cc1oc2ccccc2c1-c1cccc2oc3ccccc3c12. The summed E-state index contributed by atoms with van der Waals surface area (Å²) < 4.78 is 12.2. The highest BCUT2D eigenvalue weighted by Crippen LogP contribution is 2.41. The minimum Gasteiger partial charge on any atom is -0.456 e. The summed E-state index contributed by atoms with van der Waals surface area (Å²) in [6, 6.07) is 22.4. The Hall–Kier alpha value is -3.09. The maximum absolute atomic E-state index is 6.14. The normalized spacial score (nSPS) is 11.4. The van der Waals surface area contributed by atoms with Crippen molar-refractivity contribution in [2.75, 3.05) is 12.5 Å². The van der Waals surface area contributed by atoms with Crippen molar-refractivity contribution in [2.45, 2.75) is 0 Å². The van der Waals surface area contributed by atoms with Gasteiger partial charge in [-0.3, -0.25) is 0 Å². The zero-order valence-corrected chi connectivity index (χ0v) is 15.9. The molecule has 0 fully saturated rings. The number of hydrogen-bond acceptors (Lipinski definition) is 2. The quantitative estimate of drug-likeness (QED) is 0.260. The van der Waals surface area contributed by atoms with Gasteiger partial charge in [-0.15, -0.1) is 0 Å². The van der Waals surface area contributed by atoms with Crippen LogP contribution in [-0.4, -0.2) is 12.5 Å². The van der Waals surface area contributed by atoms with Crippen molar-refractivity contribution in [2.24, 2.45) is 0 Å². The van der Waals surface area contributed by atoms with Crippen LogP contribution < -0.4 is 0 Å². The summed E-state index contributed by atoms with van der Waals surface area (Å²) >= 11 is 0. The van der Waals surface area contributed by atoms with Crippen LogP contribution in [0.1, 0.15) is 5.76 Å². The summed E-state index contributed by atoms with van der Waals surface area (Å²) in [7, 11) is 0.0164. The molecule has 0 atom stereocenters. The molecular formula is C24H17O2S+. The lowest BCUT2D eigenvalue weighted by Crippen LogP contribution is -1.88. The van der Waals surface area contributed by atoms with Gasteiger partial charge in [0.15, 0.2) is 11.0 Å². The maximum atomic E-state index is 6.14. The van der Waals surface area contributed by atoms with Crippen molar-refractivity contribution in [3.05, 3.63) is 72.5 Å². The van der Waals surface area contributed by atoms with E-state index in [9.17, 15) is 0 Å². The fourth-order valence-corrected chi connectivity index (χ4v) is 3.83. The highest BCUT2D eigenvalue weighted by molar-refractivity contribution is 8.00. The first-order valence-electron chi connectivity index (χ1n) is 8.74. The van der Waals surface area contributed by atoms with Gasteiger partial charge in [-0.1, -0.05) is 48.5 Å². The number of benzene rings is 3. The zero-order valence-electron chi connectivity index (χ0n) is 15.1. The highest BCUT2D eigenvalue weighted by atomic mass is 32.2. The number of rotatable bonds is 1. The molecule has 0 saturated heterocycles. The smallest absolute Gasteiger partial charge is 0.190 e. The van der Waals surface area contributed by atoms with Crippen LogP contribution in [0.2, 0.25) is 0 Å². The molecule has 27 heavy (non-hydrogen) atoms. The summed E-state index contributed by atoms with van der Waals surface area (Å²) in [6.45, 7) is 0. The largest absolute Gasteiger partial charge is 0.456 e. The Labute approximate surface area is 160 Å². The third kappa shape index (κ3) is 2.61. The molecule has 0 amide bonds. The Balaban J connectivity index is 1.92. The van der Waals surface area contributed by atoms with Gasteiger partial charge < -0.3 is 8.83 Å². The molecule has 3 aromatic carbocycles. The molecule has 0 aliphatic heterocycles. The number of hydrogen-bond donors (Lipinski definition) is 0. The molecule has 0 N–H and O–H groups in total. The van der Waals surface area contributed by atoms with Gasteiger partial charge in [0.05, 0.1) is 10.9 Å². The lowest BCUT2D eigenvalue weighted by atomic mass is 9.97. The Morgan fingerprint density at radius 3 is 2.15 bits per heavy atom. The van der Waals surface area contributed by atoms with Crippen LogP contribution in [0.3, 0.4) is 0 Å². The van der Waals surface area contributed by atoms with Gasteiger partial charge in [0, 0.05) is 27.6 Å². The molecule has 2 aromatic heterocycles. The molecule has 0 spiro atoms. The Bertz CT molecular complexity index is 1360. The van der Waals surface area contributed by atoms with E-state index in [4.69, 9.17) is 8.83 Å². The second kappa shape index (κ2) is 6.26. The Morgan fingerprint density at radius 2 is 1.37 bits per heavy atom. The lowest BCUT2D eigenvalue weighted by Gasteiger charge is -2.02. The van der Waals surface area contributed by atoms with E-state index in [0.717, 1.165) is 49.8 Å². The second-order valence-electron chi connectivity index (χ2n) is 6.62. The van der Waals surface area contributed by atoms with Crippen LogP contribution in [-0.2, 0) is 10.9 Å². The molecule has 5 rings (SSSR count). The lowest BCUT2D eigenvalue weighted by molar-refractivity contribution is 0.602. The molecule has 0 unspecified atom stereocenters. The second-order valence-corrected chi connectivity index (χ2v) is 8.46. The van der Waals surface area contributed by atoms with Gasteiger partial charge in [-0.25, -0.2) is 0 Å². The fraction of sp³-hybridized carbons (Fsp3) is 0.0833. The van der Waals surface area contributed by atoms with Gasteiger partial charge in [-0.05, 0) is 23.8 Å². The van der Waals surface area contributed by atoms with Crippen molar-refractivity contribution in [3.8, 4) is 22.3 Å². The van der Waals surface area contributed by atoms with Crippen LogP contribution in [0.5, 0.6) is 0 Å². The minimum absolute atomic E-state index is 0.0164. The van der Waals surface area contributed by atoms with Crippen molar-refractivity contribution in [3.63, 3.8) is 0 Å². The monoisotopic (exact) mass is 369 g/mol. The van der Waals surface area contributed by atoms with Gasteiger partial charge in [0.1, 0.15) is 29.3 Å². The van der Waals surface area contributed by atoms with E-state index in [1.165, 1.54) is 0 Å². The summed E-state index contributed by atoms with van der Waals surface area (Å²) in [6.07, 6.45) is 4.22. The van der Waals surface area contributed by atoms with E-state index < -0.39 is 0 Å². The summed E-state index contributed by atoms with van der Waals surface area (Å²) in [5.41, 5.74) is 4.76. The number of furan rings is 2. The van der Waals surface area contributed by atoms with Gasteiger partial charge in [0.25, 0.3) is 0 Å². The topological polar surface area (TPSA) is 26.3 Å². The summed E-state index contributed by atoms with van der Waals surface area (Å²) in [5.74, 6) is 3.99. The molecule has 2 heterocycles. The van der Waals surface area contributed by atoms with E-state index in [1.807, 2.05) is 48.5 Å². The fourth-order valence-electron chi connectivity index (χ4n) is 3.53. The minimum atomic E-state index is 0.0164. The van der Waals surface area contributed by atoms with E-state index in [2.05, 4.69) is 41.9 Å². The molecule has 0 radical (unpaired) electrons. The van der Waals surface area contributed by atoms with Crippen molar-refractivity contribution in [1.82, 2.24) is 0 Å². The molecular weight excluding hydrogens is 352 g/mol. The van der Waals surface area contributed by atoms with Crippen LogP contribution in [0.15, 0.2) is 75.6 Å². The Kier molecular flexibility index (Phi) is 3.74. The standard InChI is InChI=1S/C24H17O2S/c1-27(2)15-14-22-24(17-9-4-6-12-20(17)26-22)18-10-7-13-21-23(18)16-8-3-5-11-19(16)25-21/h3-13H,1-2H3/q+1. The van der Waals surface area contributed by atoms with Crippen LogP contribution >= 0.6 is 0 Å². The van der Waals surface area contributed by atoms with Crippen LogP contribution in [0.4, 0.5) is 0 Å². The van der Waals surface area contributed by atoms with E-state index in [0.29, 0.717) is 0 Å². The summed E-state index contributed by atoms with van der Waals surface area (Å²) in [5, 5.41) is 6.56. The van der Waals surface area contributed by atoms with Crippen molar-refractivity contribution in [1.29, 1.82) is 0 Å². The van der Waals surface area contributed by atoms with E-state index >= 15 is 0 Å². The highest BCUT2D eigenvalue weighted by Gasteiger charge is 2.20. The first-order valence-corrected chi connectivity index (χ1v) is 10.8. The summed E-state index contributed by atoms with van der Waals surface area (Å²) in [4.78, 5) is 0. The predicted octanol–water partition coefficient (Wildman–Crippen LogP) is 6.19. The third-order valence-corrected chi connectivity index (χ3v) is 5.15. The molecule has 3 heteroatoms. The number of fused-ring (bicyclic) bond motifs is 4. The molecule has 5 aromatic rings. The Morgan fingerprint density at radius 1 is 0.704 bits per heavy atom. The van der Waals surface area contributed by atoms with Crippen LogP contribution in [0, 0.1) is 11.2 Å². The van der Waals surface area contributed by atoms with Crippen molar-refractivity contribution >= 4 is 43.8 Å². The molecule has 0 saturated carbocycles. The average Bonchev–Trinajstić information content (AvgIpc) is 3.24. The van der Waals surface area contributed by atoms with E-state index in [1.54, 1.807) is 0 Å². The molecule has 130 valence electrons. The van der Waals surface area contributed by atoms with Gasteiger partial charge >= 0.3 is 0 Å². The molecule has 0 bridgehead atoms. The van der Waals surface area contributed by atoms with Crippen molar-refractivity contribution < 1.29 is 8.83 Å². The third-order valence-electron chi connectivity index (χ3n) is 4.64.